The predicted molar refractivity (Wildman–Crippen MR) is 33.5 cm³/mol. The highest BCUT2D eigenvalue weighted by atomic mass is 33.1. The van der Waals surface area contributed by atoms with E-state index in [1.165, 1.54) is 0 Å². The second-order valence-electron chi connectivity index (χ2n) is 1.04. The zero-order valence-electron chi connectivity index (χ0n) is 4.09. The summed E-state index contributed by atoms with van der Waals surface area (Å²) in [5.41, 5.74) is 0. The van der Waals surface area contributed by atoms with Crippen molar-refractivity contribution in [2.75, 3.05) is 5.75 Å². The molecule has 0 fully saturated rings. The minimum atomic E-state index is -1.65. The third-order valence-electron chi connectivity index (χ3n) is 0.388. The van der Waals surface area contributed by atoms with Gasteiger partial charge in [0.1, 0.15) is 0 Å². The first-order valence-corrected chi connectivity index (χ1v) is 4.62. The van der Waals surface area contributed by atoms with Crippen molar-refractivity contribution in [2.24, 2.45) is 0 Å². The molecular formula is C3H8O2S2. The summed E-state index contributed by atoms with van der Waals surface area (Å²) in [6.07, 6.45) is 0.955. The van der Waals surface area contributed by atoms with Gasteiger partial charge in [-0.25, -0.2) is 4.21 Å². The lowest BCUT2D eigenvalue weighted by Crippen LogP contribution is -1.79. The summed E-state index contributed by atoms with van der Waals surface area (Å²) < 4.78 is 18.0. The summed E-state index contributed by atoms with van der Waals surface area (Å²) >= 11 is 0. The molecule has 0 aromatic rings. The third kappa shape index (κ3) is 6.46. The molecule has 0 aromatic carbocycles. The molecule has 0 heterocycles. The molecule has 0 aliphatic carbocycles. The predicted octanol–water partition coefficient (Wildman–Crippen LogP) is 1.27. The number of hydrogen-bond acceptors (Lipinski definition) is 2. The molecule has 0 saturated heterocycles. The van der Waals surface area contributed by atoms with E-state index in [0.717, 1.165) is 23.0 Å². The van der Waals surface area contributed by atoms with E-state index in [4.69, 9.17) is 4.55 Å². The van der Waals surface area contributed by atoms with Crippen LogP contribution in [0.1, 0.15) is 13.3 Å². The quantitative estimate of drug-likeness (QED) is 0.474. The van der Waals surface area contributed by atoms with Gasteiger partial charge < -0.3 is 0 Å². The topological polar surface area (TPSA) is 37.3 Å². The molecule has 0 saturated carbocycles. The zero-order chi connectivity index (χ0) is 5.70. The van der Waals surface area contributed by atoms with E-state index in [2.05, 4.69) is 0 Å². The molecule has 1 unspecified atom stereocenters. The maximum absolute atomic E-state index is 9.83. The second-order valence-corrected chi connectivity index (χ2v) is 3.68. The van der Waals surface area contributed by atoms with Crippen molar-refractivity contribution in [2.45, 2.75) is 13.3 Å². The van der Waals surface area contributed by atoms with Gasteiger partial charge in [0, 0.05) is 5.75 Å². The van der Waals surface area contributed by atoms with Gasteiger partial charge in [-0.15, -0.1) is 0 Å². The van der Waals surface area contributed by atoms with E-state index in [-0.39, 0.29) is 0 Å². The van der Waals surface area contributed by atoms with Crippen LogP contribution in [-0.2, 0) is 10.1 Å². The Balaban J connectivity index is 2.82. The molecule has 7 heavy (non-hydrogen) atoms. The largest absolute Gasteiger partial charge is 0.298 e. The molecule has 0 aliphatic rings. The second kappa shape index (κ2) is 4.61. The molecule has 0 aromatic heterocycles. The van der Waals surface area contributed by atoms with Crippen molar-refractivity contribution >= 4 is 20.9 Å². The minimum absolute atomic E-state index is 0.767. The van der Waals surface area contributed by atoms with E-state index in [0.29, 0.717) is 0 Å². The first-order valence-electron chi connectivity index (χ1n) is 2.01. The molecular weight excluding hydrogens is 132 g/mol. The van der Waals surface area contributed by atoms with Gasteiger partial charge in [0.25, 0.3) is 0 Å². The highest BCUT2D eigenvalue weighted by Gasteiger charge is 1.88. The van der Waals surface area contributed by atoms with Gasteiger partial charge in [-0.3, -0.25) is 4.55 Å². The van der Waals surface area contributed by atoms with Gasteiger partial charge in [-0.05, 0) is 17.2 Å². The first-order chi connectivity index (χ1) is 3.27. The lowest BCUT2D eigenvalue weighted by molar-refractivity contribution is 0.581. The van der Waals surface area contributed by atoms with Gasteiger partial charge in [-0.1, -0.05) is 6.92 Å². The summed E-state index contributed by atoms with van der Waals surface area (Å²) in [6, 6.07) is 0. The molecule has 0 bridgehead atoms. The molecule has 0 amide bonds. The van der Waals surface area contributed by atoms with Crippen molar-refractivity contribution in [3.63, 3.8) is 0 Å². The monoisotopic (exact) mass is 140 g/mol. The summed E-state index contributed by atoms with van der Waals surface area (Å²) in [6.45, 7) is 1.97. The highest BCUT2D eigenvalue weighted by Crippen LogP contribution is 2.04. The number of rotatable bonds is 3. The SMILES string of the molecule is CCCSS(=O)O. The number of hydrogen-bond donors (Lipinski definition) is 1. The minimum Gasteiger partial charge on any atom is -0.298 e. The molecule has 0 spiro atoms. The maximum Gasteiger partial charge on any atom is 0.216 e. The van der Waals surface area contributed by atoms with Gasteiger partial charge >= 0.3 is 0 Å². The summed E-state index contributed by atoms with van der Waals surface area (Å²) in [5, 5.41) is 0. The van der Waals surface area contributed by atoms with Crippen LogP contribution in [0.15, 0.2) is 0 Å². The average molecular weight is 140 g/mol. The molecule has 44 valence electrons. The lowest BCUT2D eigenvalue weighted by Gasteiger charge is -1.86. The fraction of sp³-hybridized carbons (Fsp3) is 1.00. The van der Waals surface area contributed by atoms with Crippen molar-refractivity contribution in [3.8, 4) is 0 Å². The Morgan fingerprint density at radius 2 is 2.43 bits per heavy atom. The third-order valence-corrected chi connectivity index (χ3v) is 2.27. The van der Waals surface area contributed by atoms with Crippen LogP contribution < -0.4 is 0 Å². The van der Waals surface area contributed by atoms with Crippen molar-refractivity contribution in [1.82, 2.24) is 0 Å². The maximum atomic E-state index is 9.83. The Kier molecular flexibility index (Phi) is 4.92. The van der Waals surface area contributed by atoms with E-state index >= 15 is 0 Å². The Hall–Kier alpha value is 0.460. The van der Waals surface area contributed by atoms with Crippen LogP contribution in [0.5, 0.6) is 0 Å². The molecule has 0 radical (unpaired) electrons. The van der Waals surface area contributed by atoms with Gasteiger partial charge in [-0.2, -0.15) is 0 Å². The van der Waals surface area contributed by atoms with Crippen molar-refractivity contribution < 1.29 is 8.76 Å². The fourth-order valence-electron chi connectivity index (χ4n) is 0.155. The van der Waals surface area contributed by atoms with Gasteiger partial charge in [0.05, 0.1) is 0 Å². The average Bonchev–Trinajstić information content (AvgIpc) is 1.61. The van der Waals surface area contributed by atoms with Crippen LogP contribution >= 0.6 is 10.8 Å². The van der Waals surface area contributed by atoms with Crippen molar-refractivity contribution in [1.29, 1.82) is 0 Å². The van der Waals surface area contributed by atoms with E-state index < -0.39 is 10.1 Å². The van der Waals surface area contributed by atoms with Crippen LogP contribution in [0.4, 0.5) is 0 Å². The molecule has 2 nitrogen and oxygen atoms in total. The lowest BCUT2D eigenvalue weighted by atomic mass is 10.6. The van der Waals surface area contributed by atoms with E-state index in [1.807, 2.05) is 6.92 Å². The molecule has 1 N–H and O–H groups in total. The van der Waals surface area contributed by atoms with Crippen LogP contribution in [-0.4, -0.2) is 14.5 Å². The van der Waals surface area contributed by atoms with E-state index in [1.54, 1.807) is 0 Å². The zero-order valence-corrected chi connectivity index (χ0v) is 5.72. The standard InChI is InChI=1S/C3H8O2S2/c1-2-3-6-7(4)5/h2-3H2,1H3,(H,4,5). The summed E-state index contributed by atoms with van der Waals surface area (Å²) in [4.78, 5) is 0. The van der Waals surface area contributed by atoms with Gasteiger partial charge in [0.15, 0.2) is 0 Å². The first kappa shape index (κ1) is 7.46. The Morgan fingerprint density at radius 3 is 2.57 bits per heavy atom. The molecule has 1 atom stereocenters. The van der Waals surface area contributed by atoms with Gasteiger partial charge in [0.2, 0.25) is 10.1 Å². The van der Waals surface area contributed by atoms with Crippen LogP contribution in [0.3, 0.4) is 0 Å². The van der Waals surface area contributed by atoms with E-state index in [9.17, 15) is 4.21 Å². The molecule has 4 heteroatoms. The normalized spacial score (nSPS) is 14.0. The highest BCUT2D eigenvalue weighted by molar-refractivity contribution is 8.67. The Bertz CT molecular complexity index is 64.0. The van der Waals surface area contributed by atoms with Crippen LogP contribution in [0, 0.1) is 0 Å². The Labute approximate surface area is 49.4 Å². The van der Waals surface area contributed by atoms with Crippen LogP contribution in [0.2, 0.25) is 0 Å². The van der Waals surface area contributed by atoms with Crippen molar-refractivity contribution in [3.05, 3.63) is 0 Å². The Morgan fingerprint density at radius 1 is 1.86 bits per heavy atom. The summed E-state index contributed by atoms with van der Waals surface area (Å²) in [5.74, 6) is 0.767. The fourth-order valence-corrected chi connectivity index (χ4v) is 1.39. The smallest absolute Gasteiger partial charge is 0.216 e. The summed E-state index contributed by atoms with van der Waals surface area (Å²) in [7, 11) is -0.590. The molecule has 0 rings (SSSR count). The van der Waals surface area contributed by atoms with Crippen LogP contribution in [0.25, 0.3) is 0 Å². The molecule has 0 aliphatic heterocycles.